The fourth-order valence-corrected chi connectivity index (χ4v) is 1.97. The number of nitrogens with zero attached hydrogens (tertiary/aromatic N) is 2. The van der Waals surface area contributed by atoms with Crippen LogP contribution in [0.15, 0.2) is 21.5 Å². The topological polar surface area (TPSA) is 61.6 Å². The second kappa shape index (κ2) is 3.00. The van der Waals surface area contributed by atoms with Gasteiger partial charge in [0.25, 0.3) is 5.56 Å². The van der Waals surface area contributed by atoms with Crippen LogP contribution < -0.4 is 5.56 Å². The number of halogens is 1. The van der Waals surface area contributed by atoms with Crippen LogP contribution in [-0.2, 0) is 7.05 Å². The summed E-state index contributed by atoms with van der Waals surface area (Å²) >= 11 is 3.32. The van der Waals surface area contributed by atoms with Crippen molar-refractivity contribution in [2.75, 3.05) is 0 Å². The van der Waals surface area contributed by atoms with Gasteiger partial charge in [0.2, 0.25) is 0 Å². The zero-order chi connectivity index (χ0) is 10.3. The molecule has 2 aromatic heterocycles. The predicted octanol–water partition coefficient (Wildman–Crippen LogP) is 1.50. The fourth-order valence-electron chi connectivity index (χ4n) is 1.36. The van der Waals surface area contributed by atoms with Gasteiger partial charge in [0, 0.05) is 13.2 Å². The third-order valence-electron chi connectivity index (χ3n) is 2.03. The van der Waals surface area contributed by atoms with E-state index in [9.17, 15) is 4.79 Å². The summed E-state index contributed by atoms with van der Waals surface area (Å²) in [6.45, 7) is 0. The van der Waals surface area contributed by atoms with E-state index in [0.29, 0.717) is 16.6 Å². The van der Waals surface area contributed by atoms with Crippen molar-refractivity contribution in [2.45, 2.75) is 0 Å². The summed E-state index contributed by atoms with van der Waals surface area (Å²) in [5.41, 5.74) is 0.953. The molecule has 0 atom stereocenters. The first-order chi connectivity index (χ1) is 6.63. The Morgan fingerprint density at radius 2 is 2.36 bits per heavy atom. The minimum Gasteiger partial charge on any atom is -0.345 e. The van der Waals surface area contributed by atoms with Crippen LogP contribution in [-0.4, -0.2) is 9.55 Å². The van der Waals surface area contributed by atoms with Crippen molar-refractivity contribution in [1.82, 2.24) is 9.55 Å². The molecule has 0 spiro atoms. The minimum absolute atomic E-state index is 0.110. The van der Waals surface area contributed by atoms with Gasteiger partial charge in [-0.1, -0.05) is 0 Å². The highest BCUT2D eigenvalue weighted by Gasteiger charge is 2.08. The van der Waals surface area contributed by atoms with Gasteiger partial charge in [-0.05, 0) is 22.0 Å². The lowest BCUT2D eigenvalue weighted by atomic mass is 10.3. The molecular formula is C9H6BrN3O. The zero-order valence-electron chi connectivity index (χ0n) is 7.34. The largest absolute Gasteiger partial charge is 0.345 e. The lowest BCUT2D eigenvalue weighted by molar-refractivity contribution is 0.869. The summed E-state index contributed by atoms with van der Waals surface area (Å²) in [6, 6.07) is 3.52. The molecule has 2 aromatic rings. The van der Waals surface area contributed by atoms with E-state index in [2.05, 4.69) is 20.9 Å². The molecule has 0 aliphatic heterocycles. The number of aryl methyl sites for hydroxylation is 1. The quantitative estimate of drug-likeness (QED) is 0.772. The third kappa shape index (κ3) is 1.16. The van der Waals surface area contributed by atoms with E-state index in [1.54, 1.807) is 19.3 Å². The number of nitrogens with one attached hydrogen (secondary N) is 1. The first-order valence-corrected chi connectivity index (χ1v) is 4.70. The second-order valence-electron chi connectivity index (χ2n) is 2.98. The summed E-state index contributed by atoms with van der Waals surface area (Å²) in [5, 5.41) is 9.21. The highest BCUT2D eigenvalue weighted by Crippen LogP contribution is 2.20. The summed E-state index contributed by atoms with van der Waals surface area (Å²) in [4.78, 5) is 14.5. The van der Waals surface area contributed by atoms with E-state index in [-0.39, 0.29) is 5.56 Å². The fraction of sp³-hybridized carbons (Fsp3) is 0.111. The van der Waals surface area contributed by atoms with Gasteiger partial charge in [-0.25, -0.2) is 0 Å². The summed E-state index contributed by atoms with van der Waals surface area (Å²) in [5.74, 6) is 0. The van der Waals surface area contributed by atoms with Crippen LogP contribution in [0, 0.1) is 11.3 Å². The Morgan fingerprint density at radius 3 is 3.00 bits per heavy atom. The summed E-state index contributed by atoms with van der Waals surface area (Å²) < 4.78 is 2.25. The maximum atomic E-state index is 11.6. The molecule has 5 heteroatoms. The van der Waals surface area contributed by atoms with E-state index in [4.69, 9.17) is 5.26 Å². The molecule has 0 fully saturated rings. The predicted molar refractivity (Wildman–Crippen MR) is 56.0 cm³/mol. The van der Waals surface area contributed by atoms with Gasteiger partial charge >= 0.3 is 0 Å². The van der Waals surface area contributed by atoms with Gasteiger partial charge < -0.3 is 9.55 Å². The number of hydrogen-bond donors (Lipinski definition) is 1. The first kappa shape index (κ1) is 9.03. The number of aromatic amines is 1. The molecule has 1 N–H and O–H groups in total. The molecular weight excluding hydrogens is 246 g/mol. The molecule has 0 saturated heterocycles. The third-order valence-corrected chi connectivity index (χ3v) is 2.64. The number of nitriles is 1. The molecule has 0 bridgehead atoms. The summed E-state index contributed by atoms with van der Waals surface area (Å²) in [6.07, 6.45) is 1.67. The average molecular weight is 252 g/mol. The van der Waals surface area contributed by atoms with Crippen LogP contribution in [0.4, 0.5) is 0 Å². The molecule has 0 aliphatic rings. The Labute approximate surface area is 87.9 Å². The van der Waals surface area contributed by atoms with Gasteiger partial charge in [0.1, 0.15) is 11.8 Å². The number of hydrogen-bond acceptors (Lipinski definition) is 2. The maximum absolute atomic E-state index is 11.6. The van der Waals surface area contributed by atoms with Crippen molar-refractivity contribution in [3.63, 3.8) is 0 Å². The molecule has 0 unspecified atom stereocenters. The van der Waals surface area contributed by atoms with Gasteiger partial charge in [-0.3, -0.25) is 4.79 Å². The molecule has 2 heterocycles. The Balaban J connectivity index is 3.00. The van der Waals surface area contributed by atoms with E-state index in [0.717, 1.165) is 4.47 Å². The Hall–Kier alpha value is -1.54. The monoisotopic (exact) mass is 251 g/mol. The van der Waals surface area contributed by atoms with Crippen molar-refractivity contribution >= 4 is 26.8 Å². The molecule has 70 valence electrons. The normalized spacial score (nSPS) is 10.4. The van der Waals surface area contributed by atoms with Gasteiger partial charge in [0.05, 0.1) is 15.4 Å². The van der Waals surface area contributed by atoms with Gasteiger partial charge in [-0.15, -0.1) is 0 Å². The van der Waals surface area contributed by atoms with Crippen LogP contribution in [0.5, 0.6) is 0 Å². The molecule has 2 rings (SSSR count). The Kier molecular flexibility index (Phi) is 1.93. The van der Waals surface area contributed by atoms with Crippen molar-refractivity contribution in [2.24, 2.45) is 7.05 Å². The lowest BCUT2D eigenvalue weighted by Crippen LogP contribution is -2.15. The van der Waals surface area contributed by atoms with Crippen molar-refractivity contribution in [1.29, 1.82) is 5.26 Å². The van der Waals surface area contributed by atoms with E-state index in [1.165, 1.54) is 4.57 Å². The smallest absolute Gasteiger partial charge is 0.259 e. The van der Waals surface area contributed by atoms with Crippen LogP contribution in [0.1, 0.15) is 5.69 Å². The Bertz CT molecular complexity index is 603. The van der Waals surface area contributed by atoms with Crippen LogP contribution in [0.25, 0.3) is 10.9 Å². The molecule has 0 aromatic carbocycles. The van der Waals surface area contributed by atoms with Crippen LogP contribution in [0.2, 0.25) is 0 Å². The standard InChI is InChI=1S/C9H6BrN3O/c1-13-4-7(10)8-6(9(13)14)2-5(3-11)12-8/h2,4,12H,1H3. The minimum atomic E-state index is -0.110. The molecule has 0 radical (unpaired) electrons. The number of pyridine rings is 1. The Morgan fingerprint density at radius 1 is 1.64 bits per heavy atom. The van der Waals surface area contributed by atoms with Gasteiger partial charge in [0.15, 0.2) is 0 Å². The van der Waals surface area contributed by atoms with E-state index >= 15 is 0 Å². The average Bonchev–Trinajstić information content (AvgIpc) is 2.58. The van der Waals surface area contributed by atoms with Crippen LogP contribution >= 0.6 is 15.9 Å². The van der Waals surface area contributed by atoms with Crippen molar-refractivity contribution in [3.05, 3.63) is 32.8 Å². The molecule has 0 amide bonds. The van der Waals surface area contributed by atoms with Crippen LogP contribution in [0.3, 0.4) is 0 Å². The first-order valence-electron chi connectivity index (χ1n) is 3.91. The highest BCUT2D eigenvalue weighted by molar-refractivity contribution is 9.10. The number of rotatable bonds is 0. The molecule has 0 aliphatic carbocycles. The van der Waals surface area contributed by atoms with E-state index < -0.39 is 0 Å². The highest BCUT2D eigenvalue weighted by atomic mass is 79.9. The summed E-state index contributed by atoms with van der Waals surface area (Å²) in [7, 11) is 1.67. The molecule has 0 saturated carbocycles. The lowest BCUT2D eigenvalue weighted by Gasteiger charge is -1.98. The number of fused-ring (bicyclic) bond motifs is 1. The van der Waals surface area contributed by atoms with Crippen molar-refractivity contribution in [3.8, 4) is 6.07 Å². The number of aromatic nitrogens is 2. The number of H-pyrrole nitrogens is 1. The maximum Gasteiger partial charge on any atom is 0.259 e. The molecule has 14 heavy (non-hydrogen) atoms. The molecule has 4 nitrogen and oxygen atoms in total. The van der Waals surface area contributed by atoms with Gasteiger partial charge in [-0.2, -0.15) is 5.26 Å². The second-order valence-corrected chi connectivity index (χ2v) is 3.83. The van der Waals surface area contributed by atoms with E-state index in [1.807, 2.05) is 6.07 Å². The van der Waals surface area contributed by atoms with Crippen molar-refractivity contribution < 1.29 is 0 Å². The SMILES string of the molecule is Cn1cc(Br)c2[nH]c(C#N)cc2c1=O. The zero-order valence-corrected chi connectivity index (χ0v) is 8.92.